The molecule has 5 nitrogen and oxygen atoms in total. The monoisotopic (exact) mass is 358 g/mol. The number of hydrogen-bond acceptors (Lipinski definition) is 5. The summed E-state index contributed by atoms with van der Waals surface area (Å²) in [4.78, 5) is 12.9. The minimum absolute atomic E-state index is 0.277. The van der Waals surface area contributed by atoms with Crippen molar-refractivity contribution in [3.05, 3.63) is 72.4 Å². The van der Waals surface area contributed by atoms with Gasteiger partial charge < -0.3 is 10.2 Å². The van der Waals surface area contributed by atoms with E-state index in [4.69, 9.17) is 15.1 Å². The predicted octanol–water partition coefficient (Wildman–Crippen LogP) is 4.83. The van der Waals surface area contributed by atoms with E-state index in [1.165, 1.54) is 0 Å². The summed E-state index contributed by atoms with van der Waals surface area (Å²) in [5.74, 6) is 1.32. The van der Waals surface area contributed by atoms with Gasteiger partial charge in [0.25, 0.3) is 0 Å². The standard InChI is InChI=1S/C22H22N4O/c1-14(2)22(3,20-26-18-6-4-5-7-19(18)27-20)17-10-8-15(9-11-17)16-12-24-21(23)25-13-16/h4-14H,1-3H3,(H2,23,24,25). The van der Waals surface area contributed by atoms with E-state index in [-0.39, 0.29) is 11.4 Å². The Morgan fingerprint density at radius 3 is 2.22 bits per heavy atom. The second-order valence-electron chi connectivity index (χ2n) is 7.25. The van der Waals surface area contributed by atoms with Gasteiger partial charge in [-0.1, -0.05) is 50.2 Å². The van der Waals surface area contributed by atoms with Crippen LogP contribution >= 0.6 is 0 Å². The summed E-state index contributed by atoms with van der Waals surface area (Å²) in [7, 11) is 0. The molecule has 4 rings (SSSR count). The van der Waals surface area contributed by atoms with Crippen LogP contribution in [0.1, 0.15) is 32.2 Å². The quantitative estimate of drug-likeness (QED) is 0.565. The van der Waals surface area contributed by atoms with Gasteiger partial charge in [0, 0.05) is 18.0 Å². The molecular weight excluding hydrogens is 336 g/mol. The van der Waals surface area contributed by atoms with Gasteiger partial charge in [-0.15, -0.1) is 0 Å². The molecule has 0 fully saturated rings. The molecule has 0 saturated heterocycles. The van der Waals surface area contributed by atoms with E-state index < -0.39 is 0 Å². The van der Waals surface area contributed by atoms with E-state index in [9.17, 15) is 0 Å². The normalized spacial score (nSPS) is 13.8. The first kappa shape index (κ1) is 17.2. The molecule has 0 spiro atoms. The number of oxazole rings is 1. The second kappa shape index (κ2) is 6.50. The minimum atomic E-state index is -0.338. The lowest BCUT2D eigenvalue weighted by Gasteiger charge is -2.31. The van der Waals surface area contributed by atoms with Crippen molar-refractivity contribution in [3.63, 3.8) is 0 Å². The molecule has 1 unspecified atom stereocenters. The summed E-state index contributed by atoms with van der Waals surface area (Å²) >= 11 is 0. The smallest absolute Gasteiger partial charge is 0.219 e. The zero-order valence-electron chi connectivity index (χ0n) is 15.7. The van der Waals surface area contributed by atoms with Crippen LogP contribution in [0.5, 0.6) is 0 Å². The van der Waals surface area contributed by atoms with Crippen LogP contribution in [-0.4, -0.2) is 15.0 Å². The molecule has 5 heteroatoms. The van der Waals surface area contributed by atoms with Gasteiger partial charge in [0.1, 0.15) is 5.52 Å². The van der Waals surface area contributed by atoms with Crippen molar-refractivity contribution in [2.45, 2.75) is 26.2 Å². The number of para-hydroxylation sites is 2. The number of nitrogens with zero attached hydrogens (tertiary/aromatic N) is 3. The molecule has 0 aliphatic heterocycles. The Labute approximate surface area is 158 Å². The van der Waals surface area contributed by atoms with E-state index in [0.717, 1.165) is 33.7 Å². The van der Waals surface area contributed by atoms with Crippen LogP contribution in [0, 0.1) is 5.92 Å². The van der Waals surface area contributed by atoms with E-state index >= 15 is 0 Å². The minimum Gasteiger partial charge on any atom is -0.440 e. The van der Waals surface area contributed by atoms with Crippen LogP contribution in [0.15, 0.2) is 65.3 Å². The van der Waals surface area contributed by atoms with Crippen LogP contribution in [-0.2, 0) is 5.41 Å². The van der Waals surface area contributed by atoms with Crippen LogP contribution < -0.4 is 5.73 Å². The highest BCUT2D eigenvalue weighted by Crippen LogP contribution is 2.40. The fourth-order valence-electron chi connectivity index (χ4n) is 3.29. The highest BCUT2D eigenvalue weighted by Gasteiger charge is 2.37. The van der Waals surface area contributed by atoms with Crippen molar-refractivity contribution in [2.75, 3.05) is 5.73 Å². The molecule has 2 heterocycles. The lowest BCUT2D eigenvalue weighted by molar-refractivity contribution is 0.322. The maximum absolute atomic E-state index is 6.13. The molecule has 0 bridgehead atoms. The van der Waals surface area contributed by atoms with Crippen molar-refractivity contribution in [2.24, 2.45) is 5.92 Å². The molecule has 0 aliphatic carbocycles. The second-order valence-corrected chi connectivity index (χ2v) is 7.25. The first-order valence-electron chi connectivity index (χ1n) is 9.03. The molecule has 2 aromatic carbocycles. The highest BCUT2D eigenvalue weighted by molar-refractivity contribution is 5.72. The van der Waals surface area contributed by atoms with Gasteiger partial charge in [-0.25, -0.2) is 15.0 Å². The molecule has 2 N–H and O–H groups in total. The van der Waals surface area contributed by atoms with Gasteiger partial charge in [0.15, 0.2) is 5.58 Å². The van der Waals surface area contributed by atoms with Gasteiger partial charge >= 0.3 is 0 Å². The molecule has 27 heavy (non-hydrogen) atoms. The van der Waals surface area contributed by atoms with Crippen LogP contribution in [0.2, 0.25) is 0 Å². The molecule has 0 amide bonds. The summed E-state index contributed by atoms with van der Waals surface area (Å²) in [5, 5.41) is 0. The number of nitrogens with two attached hydrogens (primary N) is 1. The number of nitrogen functional groups attached to an aromatic ring is 1. The summed E-state index contributed by atoms with van der Waals surface area (Å²) in [6, 6.07) is 16.3. The van der Waals surface area contributed by atoms with Crippen molar-refractivity contribution in [3.8, 4) is 11.1 Å². The average Bonchev–Trinajstić information content (AvgIpc) is 3.12. The summed E-state index contributed by atoms with van der Waals surface area (Å²) < 4.78 is 6.13. The van der Waals surface area contributed by atoms with Gasteiger partial charge in [-0.2, -0.15) is 0 Å². The van der Waals surface area contributed by atoms with Crippen LogP contribution in [0.25, 0.3) is 22.2 Å². The largest absolute Gasteiger partial charge is 0.440 e. The first-order chi connectivity index (χ1) is 13.0. The van der Waals surface area contributed by atoms with E-state index in [1.807, 2.05) is 24.3 Å². The third-order valence-corrected chi connectivity index (χ3v) is 5.38. The molecule has 4 aromatic rings. The van der Waals surface area contributed by atoms with Crippen molar-refractivity contribution in [1.29, 1.82) is 0 Å². The van der Waals surface area contributed by atoms with Crippen LogP contribution in [0.3, 0.4) is 0 Å². The Morgan fingerprint density at radius 2 is 1.59 bits per heavy atom. The number of benzene rings is 2. The van der Waals surface area contributed by atoms with E-state index in [0.29, 0.717) is 5.92 Å². The zero-order valence-corrected chi connectivity index (χ0v) is 15.7. The first-order valence-corrected chi connectivity index (χ1v) is 9.03. The third kappa shape index (κ3) is 2.95. The fourth-order valence-corrected chi connectivity index (χ4v) is 3.29. The SMILES string of the molecule is CC(C)C(C)(c1ccc(-c2cnc(N)nc2)cc1)c1nc2ccccc2o1. The summed E-state index contributed by atoms with van der Waals surface area (Å²) in [6.45, 7) is 6.57. The Morgan fingerprint density at radius 1 is 0.926 bits per heavy atom. The lowest BCUT2D eigenvalue weighted by atomic mass is 9.73. The molecule has 0 radical (unpaired) electrons. The number of aromatic nitrogens is 3. The Hall–Kier alpha value is -3.21. The molecular formula is C22H22N4O. The van der Waals surface area contributed by atoms with Crippen molar-refractivity contribution in [1.82, 2.24) is 15.0 Å². The maximum Gasteiger partial charge on any atom is 0.219 e. The van der Waals surface area contributed by atoms with Gasteiger partial charge in [0.2, 0.25) is 11.8 Å². The number of rotatable bonds is 4. The highest BCUT2D eigenvalue weighted by atomic mass is 16.3. The van der Waals surface area contributed by atoms with E-state index in [2.05, 4.69) is 55.0 Å². The summed E-state index contributed by atoms with van der Waals surface area (Å²) in [5.41, 5.74) is 10.1. The Balaban J connectivity index is 1.76. The van der Waals surface area contributed by atoms with Crippen LogP contribution in [0.4, 0.5) is 5.95 Å². The van der Waals surface area contributed by atoms with E-state index in [1.54, 1.807) is 12.4 Å². The lowest BCUT2D eigenvalue weighted by Crippen LogP contribution is -2.30. The summed E-state index contributed by atoms with van der Waals surface area (Å²) in [6.07, 6.45) is 3.47. The Bertz CT molecular complexity index is 1030. The number of hydrogen-bond donors (Lipinski definition) is 1. The maximum atomic E-state index is 6.13. The molecule has 0 aliphatic rings. The third-order valence-electron chi connectivity index (χ3n) is 5.38. The molecule has 0 saturated carbocycles. The Kier molecular flexibility index (Phi) is 4.15. The topological polar surface area (TPSA) is 77.8 Å². The predicted molar refractivity (Wildman–Crippen MR) is 107 cm³/mol. The fraction of sp³-hybridized carbons (Fsp3) is 0.227. The molecule has 136 valence electrons. The van der Waals surface area contributed by atoms with Crippen molar-refractivity contribution < 1.29 is 4.42 Å². The molecule has 2 aromatic heterocycles. The average molecular weight is 358 g/mol. The van der Waals surface area contributed by atoms with Gasteiger partial charge in [-0.05, 0) is 36.1 Å². The van der Waals surface area contributed by atoms with Gasteiger partial charge in [0.05, 0.1) is 5.41 Å². The molecule has 1 atom stereocenters. The number of fused-ring (bicyclic) bond motifs is 1. The zero-order chi connectivity index (χ0) is 19.0. The number of anilines is 1. The van der Waals surface area contributed by atoms with Gasteiger partial charge in [-0.3, -0.25) is 0 Å². The van der Waals surface area contributed by atoms with Crippen molar-refractivity contribution >= 4 is 17.0 Å².